The summed E-state index contributed by atoms with van der Waals surface area (Å²) in [5.41, 5.74) is 5.74. The van der Waals surface area contributed by atoms with E-state index < -0.39 is 12.0 Å². The first-order valence-electron chi connectivity index (χ1n) is 5.63. The zero-order valence-electron chi connectivity index (χ0n) is 10.7. The number of hydrogen-bond acceptors (Lipinski definition) is 4. The van der Waals surface area contributed by atoms with E-state index in [1.54, 1.807) is 0 Å². The molecule has 1 atom stereocenters. The van der Waals surface area contributed by atoms with Crippen LogP contribution < -0.4 is 5.73 Å². The molecule has 0 rings (SSSR count). The van der Waals surface area contributed by atoms with E-state index in [1.165, 1.54) is 12.0 Å². The molecule has 0 saturated heterocycles. The molecule has 0 fully saturated rings. The van der Waals surface area contributed by atoms with Gasteiger partial charge in [0.25, 0.3) is 0 Å². The lowest BCUT2D eigenvalue weighted by atomic mass is 10.0. The van der Waals surface area contributed by atoms with Crippen LogP contribution in [0.15, 0.2) is 0 Å². The van der Waals surface area contributed by atoms with Crippen molar-refractivity contribution in [2.45, 2.75) is 26.3 Å². The fourth-order valence-electron chi connectivity index (χ4n) is 1.48. The zero-order valence-corrected chi connectivity index (χ0v) is 10.7. The van der Waals surface area contributed by atoms with E-state index >= 15 is 0 Å². The van der Waals surface area contributed by atoms with Gasteiger partial charge < -0.3 is 20.5 Å². The molecule has 1 amide bonds. The van der Waals surface area contributed by atoms with Crippen LogP contribution in [0.2, 0.25) is 0 Å². The predicted octanol–water partition coefficient (Wildman–Crippen LogP) is -0.0806. The molecule has 0 aliphatic heterocycles. The topological polar surface area (TPSA) is 92.9 Å². The Labute approximate surface area is 102 Å². The number of nitrogens with two attached hydrogens (primary N) is 1. The van der Waals surface area contributed by atoms with E-state index in [2.05, 4.69) is 0 Å². The highest BCUT2D eigenvalue weighted by Crippen LogP contribution is 2.06. The fourth-order valence-corrected chi connectivity index (χ4v) is 1.48. The Morgan fingerprint density at radius 3 is 2.41 bits per heavy atom. The average Bonchev–Trinajstić information content (AvgIpc) is 2.21. The molecule has 0 bridgehead atoms. The van der Waals surface area contributed by atoms with Crippen LogP contribution in [-0.4, -0.2) is 54.7 Å². The highest BCUT2D eigenvalue weighted by molar-refractivity contribution is 5.85. The van der Waals surface area contributed by atoms with Crippen LogP contribution >= 0.6 is 0 Å². The minimum atomic E-state index is -1.05. The second-order valence-electron chi connectivity index (χ2n) is 4.38. The number of ether oxygens (including phenoxy) is 1. The molecule has 0 heterocycles. The van der Waals surface area contributed by atoms with Gasteiger partial charge >= 0.3 is 5.97 Å². The quantitative estimate of drug-likeness (QED) is 0.625. The van der Waals surface area contributed by atoms with Gasteiger partial charge in [0.05, 0.1) is 12.6 Å². The normalized spacial score (nSPS) is 12.5. The third-order valence-electron chi connectivity index (χ3n) is 2.25. The lowest BCUT2D eigenvalue weighted by Crippen LogP contribution is -2.47. The molecule has 6 heteroatoms. The van der Waals surface area contributed by atoms with Gasteiger partial charge in [0.15, 0.2) is 0 Å². The molecular formula is C11H22N2O4. The van der Waals surface area contributed by atoms with E-state index in [1.807, 2.05) is 13.8 Å². The highest BCUT2D eigenvalue weighted by Gasteiger charge is 2.23. The number of rotatable bonds is 8. The van der Waals surface area contributed by atoms with E-state index in [9.17, 15) is 9.59 Å². The molecule has 0 aliphatic carbocycles. The zero-order chi connectivity index (χ0) is 13.4. The molecular weight excluding hydrogens is 224 g/mol. The maximum Gasteiger partial charge on any atom is 0.323 e. The highest BCUT2D eigenvalue weighted by atomic mass is 16.5. The van der Waals surface area contributed by atoms with Crippen molar-refractivity contribution in [2.24, 2.45) is 11.7 Å². The number of aliphatic carboxylic acids is 1. The lowest BCUT2D eigenvalue weighted by molar-refractivity contribution is -0.145. The molecule has 0 spiro atoms. The molecule has 17 heavy (non-hydrogen) atoms. The smallest absolute Gasteiger partial charge is 0.323 e. The maximum absolute atomic E-state index is 11.9. The van der Waals surface area contributed by atoms with Gasteiger partial charge in [-0.15, -0.1) is 0 Å². The Hall–Kier alpha value is -1.14. The number of methoxy groups -OCH3 is 1. The largest absolute Gasteiger partial charge is 0.480 e. The predicted molar refractivity (Wildman–Crippen MR) is 63.5 cm³/mol. The average molecular weight is 246 g/mol. The minimum absolute atomic E-state index is 0.243. The van der Waals surface area contributed by atoms with Gasteiger partial charge in [-0.2, -0.15) is 0 Å². The van der Waals surface area contributed by atoms with E-state index in [0.29, 0.717) is 18.9 Å². The van der Waals surface area contributed by atoms with Gasteiger partial charge in [0.2, 0.25) is 5.91 Å². The standard InChI is InChI=1S/C11H22N2O4/c1-8(2)6-9(12)11(16)13(4-5-17-3)7-10(14)15/h8-9H,4-7,12H2,1-3H3,(H,14,15). The Balaban J connectivity index is 4.44. The van der Waals surface area contributed by atoms with Crippen molar-refractivity contribution in [3.63, 3.8) is 0 Å². The Kier molecular flexibility index (Phi) is 7.49. The van der Waals surface area contributed by atoms with Gasteiger partial charge in [-0.3, -0.25) is 9.59 Å². The number of carboxylic acids is 1. The number of hydrogen-bond donors (Lipinski definition) is 2. The van der Waals surface area contributed by atoms with Gasteiger partial charge in [-0.25, -0.2) is 0 Å². The fraction of sp³-hybridized carbons (Fsp3) is 0.818. The van der Waals surface area contributed by atoms with Crippen LogP contribution in [0.4, 0.5) is 0 Å². The molecule has 0 aromatic rings. The number of carboxylic acid groups (broad SMARTS) is 1. The van der Waals surface area contributed by atoms with Crippen LogP contribution in [0.25, 0.3) is 0 Å². The van der Waals surface area contributed by atoms with Gasteiger partial charge in [-0.1, -0.05) is 13.8 Å². The second kappa shape index (κ2) is 8.03. The van der Waals surface area contributed by atoms with Crippen molar-refractivity contribution >= 4 is 11.9 Å². The van der Waals surface area contributed by atoms with Crippen LogP contribution in [-0.2, 0) is 14.3 Å². The number of carbonyl (C=O) groups is 2. The summed E-state index contributed by atoms with van der Waals surface area (Å²) in [4.78, 5) is 23.8. The number of nitrogens with zero attached hydrogens (tertiary/aromatic N) is 1. The van der Waals surface area contributed by atoms with Gasteiger partial charge in [0.1, 0.15) is 6.54 Å². The summed E-state index contributed by atoms with van der Waals surface area (Å²) in [6.07, 6.45) is 0.544. The Bertz CT molecular complexity index is 256. The van der Waals surface area contributed by atoms with E-state index in [-0.39, 0.29) is 19.0 Å². The second-order valence-corrected chi connectivity index (χ2v) is 4.38. The third-order valence-corrected chi connectivity index (χ3v) is 2.25. The summed E-state index contributed by atoms with van der Waals surface area (Å²) < 4.78 is 4.84. The first-order chi connectivity index (χ1) is 7.88. The molecule has 1 unspecified atom stereocenters. The van der Waals surface area contributed by atoms with E-state index in [0.717, 1.165) is 0 Å². The Morgan fingerprint density at radius 2 is 2.00 bits per heavy atom. The minimum Gasteiger partial charge on any atom is -0.480 e. The van der Waals surface area contributed by atoms with Crippen molar-refractivity contribution in [1.82, 2.24) is 4.90 Å². The van der Waals surface area contributed by atoms with Crippen molar-refractivity contribution in [1.29, 1.82) is 0 Å². The van der Waals surface area contributed by atoms with Crippen molar-refractivity contribution in [3.8, 4) is 0 Å². The summed E-state index contributed by atoms with van der Waals surface area (Å²) >= 11 is 0. The van der Waals surface area contributed by atoms with Crippen molar-refractivity contribution in [3.05, 3.63) is 0 Å². The molecule has 100 valence electrons. The van der Waals surface area contributed by atoms with Crippen LogP contribution in [0, 0.1) is 5.92 Å². The molecule has 6 nitrogen and oxygen atoms in total. The molecule has 0 saturated carbocycles. The van der Waals surface area contributed by atoms with Crippen molar-refractivity contribution < 1.29 is 19.4 Å². The molecule has 0 radical (unpaired) electrons. The van der Waals surface area contributed by atoms with Gasteiger partial charge in [0, 0.05) is 13.7 Å². The first kappa shape index (κ1) is 15.9. The summed E-state index contributed by atoms with van der Waals surface area (Å²) in [5.74, 6) is -1.09. The lowest BCUT2D eigenvalue weighted by Gasteiger charge is -2.24. The number of amides is 1. The first-order valence-corrected chi connectivity index (χ1v) is 5.63. The van der Waals surface area contributed by atoms with Gasteiger partial charge in [-0.05, 0) is 12.3 Å². The summed E-state index contributed by atoms with van der Waals surface area (Å²) in [5, 5.41) is 8.72. The monoisotopic (exact) mass is 246 g/mol. The summed E-state index contributed by atoms with van der Waals surface area (Å²) in [7, 11) is 1.50. The molecule has 3 N–H and O–H groups in total. The van der Waals surface area contributed by atoms with Crippen LogP contribution in [0.1, 0.15) is 20.3 Å². The van der Waals surface area contributed by atoms with E-state index in [4.69, 9.17) is 15.6 Å². The Morgan fingerprint density at radius 1 is 1.41 bits per heavy atom. The summed E-state index contributed by atoms with van der Waals surface area (Å²) in [6.45, 7) is 4.13. The molecule has 0 aromatic heterocycles. The van der Waals surface area contributed by atoms with Crippen molar-refractivity contribution in [2.75, 3.05) is 26.8 Å². The third kappa shape index (κ3) is 6.91. The summed E-state index contributed by atoms with van der Waals surface area (Å²) in [6, 6.07) is -0.647. The molecule has 0 aromatic carbocycles. The van der Waals surface area contributed by atoms with Crippen LogP contribution in [0.5, 0.6) is 0 Å². The maximum atomic E-state index is 11.9. The number of carbonyl (C=O) groups excluding carboxylic acids is 1. The SMILES string of the molecule is COCCN(CC(=O)O)C(=O)C(N)CC(C)C. The molecule has 0 aliphatic rings. The van der Waals surface area contributed by atoms with Crippen LogP contribution in [0.3, 0.4) is 0 Å².